The zero-order chi connectivity index (χ0) is 29.2. The van der Waals surface area contributed by atoms with Crippen LogP contribution in [-0.2, 0) is 4.79 Å². The maximum absolute atomic E-state index is 14.3. The van der Waals surface area contributed by atoms with E-state index in [0.717, 1.165) is 56.5 Å². The quantitative estimate of drug-likeness (QED) is 0.239. The maximum Gasteiger partial charge on any atom is 0.230 e. The summed E-state index contributed by atoms with van der Waals surface area (Å²) < 4.78 is 5.49. The number of carbonyl (C=O) groups excluding carboxylic acids is 1. The SMILES string of the molecule is COc1ccc([C@H]2CC[C@H](CN(c3cccc(-c4cnc(C5CC5)s4)c3)C(=O)[C@H]3CC[C@H](N(C)C)CC3)CC2)cc1C.Cl. The largest absolute Gasteiger partial charge is 0.496 e. The van der Waals surface area contributed by atoms with Crippen molar-refractivity contribution >= 4 is 35.3 Å². The molecule has 0 aliphatic heterocycles. The van der Waals surface area contributed by atoms with Gasteiger partial charge < -0.3 is 14.5 Å². The molecule has 1 amide bonds. The molecule has 0 bridgehead atoms. The van der Waals surface area contributed by atoms with Gasteiger partial charge in [0.05, 0.1) is 17.0 Å². The number of carbonyl (C=O) groups is 1. The van der Waals surface area contributed by atoms with E-state index in [4.69, 9.17) is 9.72 Å². The Morgan fingerprint density at radius 2 is 1.65 bits per heavy atom. The van der Waals surface area contributed by atoms with Gasteiger partial charge in [-0.15, -0.1) is 23.7 Å². The molecule has 5 nitrogen and oxygen atoms in total. The van der Waals surface area contributed by atoms with Crippen molar-refractivity contribution in [1.82, 2.24) is 9.88 Å². The monoisotopic (exact) mass is 621 g/mol. The third kappa shape index (κ3) is 7.46. The zero-order valence-corrected chi connectivity index (χ0v) is 27.9. The van der Waals surface area contributed by atoms with Gasteiger partial charge in [0.25, 0.3) is 0 Å². The molecule has 43 heavy (non-hydrogen) atoms. The Kier molecular flexibility index (Phi) is 10.5. The van der Waals surface area contributed by atoms with Crippen LogP contribution in [0.4, 0.5) is 5.69 Å². The fourth-order valence-electron chi connectivity index (χ4n) is 7.24. The van der Waals surface area contributed by atoms with Gasteiger partial charge in [-0.3, -0.25) is 4.79 Å². The minimum atomic E-state index is 0. The third-order valence-electron chi connectivity index (χ3n) is 10.1. The van der Waals surface area contributed by atoms with Gasteiger partial charge in [-0.1, -0.05) is 24.3 Å². The number of methoxy groups -OCH3 is 1. The smallest absolute Gasteiger partial charge is 0.230 e. The molecule has 0 N–H and O–H groups in total. The molecule has 3 aromatic rings. The van der Waals surface area contributed by atoms with Crippen LogP contribution in [0, 0.1) is 18.8 Å². The van der Waals surface area contributed by atoms with E-state index in [9.17, 15) is 4.79 Å². The lowest BCUT2D eigenvalue weighted by Crippen LogP contribution is -2.43. The molecule has 0 atom stereocenters. The molecule has 0 saturated heterocycles. The van der Waals surface area contributed by atoms with E-state index in [1.54, 1.807) is 7.11 Å². The van der Waals surface area contributed by atoms with Crippen LogP contribution in [0.25, 0.3) is 10.4 Å². The summed E-state index contributed by atoms with van der Waals surface area (Å²) in [7, 11) is 6.08. The number of ether oxygens (including phenoxy) is 1. The van der Waals surface area contributed by atoms with Crippen LogP contribution in [0.3, 0.4) is 0 Å². The molecule has 3 saturated carbocycles. The van der Waals surface area contributed by atoms with Crippen molar-refractivity contribution < 1.29 is 9.53 Å². The van der Waals surface area contributed by atoms with Crippen molar-refractivity contribution in [3.63, 3.8) is 0 Å². The van der Waals surface area contributed by atoms with E-state index in [1.165, 1.54) is 52.3 Å². The number of thiazole rings is 1. The summed E-state index contributed by atoms with van der Waals surface area (Å²) in [6, 6.07) is 16.0. The first-order valence-electron chi connectivity index (χ1n) is 16.1. The van der Waals surface area contributed by atoms with Gasteiger partial charge in [0.2, 0.25) is 5.91 Å². The Hall–Kier alpha value is -2.41. The van der Waals surface area contributed by atoms with Crippen LogP contribution in [-0.4, -0.2) is 49.6 Å². The molecule has 7 heteroatoms. The Morgan fingerprint density at radius 3 is 2.30 bits per heavy atom. The predicted molar refractivity (Wildman–Crippen MR) is 181 cm³/mol. The minimum Gasteiger partial charge on any atom is -0.496 e. The van der Waals surface area contributed by atoms with Crippen molar-refractivity contribution in [3.8, 4) is 16.2 Å². The number of amides is 1. The molecule has 0 spiro atoms. The molecular weight excluding hydrogens is 574 g/mol. The summed E-state index contributed by atoms with van der Waals surface area (Å²) in [6.07, 6.45) is 13.4. The lowest BCUT2D eigenvalue weighted by molar-refractivity contribution is -0.123. The van der Waals surface area contributed by atoms with Crippen LogP contribution in [0.2, 0.25) is 0 Å². The number of rotatable bonds is 9. The Morgan fingerprint density at radius 1 is 0.930 bits per heavy atom. The molecule has 6 rings (SSSR count). The molecule has 1 heterocycles. The maximum atomic E-state index is 14.3. The van der Waals surface area contributed by atoms with Gasteiger partial charge in [0.15, 0.2) is 0 Å². The van der Waals surface area contributed by atoms with Gasteiger partial charge in [-0.2, -0.15) is 0 Å². The standard InChI is InChI=1S/C36H47N3O2S.ClH/c1-24-20-29(16-19-33(24)41-4)26-10-8-25(9-11-26)23-39(36(40)28-14-17-31(18-15-28)38(2)3)32-7-5-6-30(21-32)34-22-37-35(42-34)27-12-13-27;/h5-7,16,19-22,25-28,31H,8-15,17-18,23H2,1-4H3;1H/t25-,26-,28-,31-;. The highest BCUT2D eigenvalue weighted by Crippen LogP contribution is 2.44. The second-order valence-corrected chi connectivity index (χ2v) is 14.3. The second kappa shape index (κ2) is 14.1. The van der Waals surface area contributed by atoms with Gasteiger partial charge in [-0.05, 0) is 132 Å². The van der Waals surface area contributed by atoms with E-state index in [2.05, 4.69) is 73.3 Å². The van der Waals surface area contributed by atoms with Crippen LogP contribution in [0.5, 0.6) is 5.75 Å². The summed E-state index contributed by atoms with van der Waals surface area (Å²) in [5, 5.41) is 1.27. The van der Waals surface area contributed by atoms with Crippen LogP contribution >= 0.6 is 23.7 Å². The highest BCUT2D eigenvalue weighted by molar-refractivity contribution is 7.15. The number of nitrogens with zero attached hydrogens (tertiary/aromatic N) is 3. The molecule has 0 unspecified atom stereocenters. The van der Waals surface area contributed by atoms with E-state index < -0.39 is 0 Å². The minimum absolute atomic E-state index is 0. The number of aryl methyl sites for hydroxylation is 1. The average Bonchev–Trinajstić information content (AvgIpc) is 3.75. The van der Waals surface area contributed by atoms with E-state index in [1.807, 2.05) is 17.5 Å². The summed E-state index contributed by atoms with van der Waals surface area (Å²) in [4.78, 5) is 24.7. The van der Waals surface area contributed by atoms with Crippen LogP contribution in [0.1, 0.15) is 92.2 Å². The van der Waals surface area contributed by atoms with Crippen LogP contribution < -0.4 is 9.64 Å². The topological polar surface area (TPSA) is 45.7 Å². The van der Waals surface area contributed by atoms with Crippen molar-refractivity contribution in [2.75, 3.05) is 32.6 Å². The van der Waals surface area contributed by atoms with Crippen molar-refractivity contribution in [2.45, 2.75) is 89.0 Å². The lowest BCUT2D eigenvalue weighted by Gasteiger charge is -2.37. The molecule has 3 fully saturated rings. The van der Waals surface area contributed by atoms with Crippen molar-refractivity contribution in [2.24, 2.45) is 11.8 Å². The highest BCUT2D eigenvalue weighted by Gasteiger charge is 2.33. The normalized spacial score (nSPS) is 23.9. The molecule has 0 radical (unpaired) electrons. The first-order valence-corrected chi connectivity index (χ1v) is 16.9. The number of halogens is 1. The number of anilines is 1. The fraction of sp³-hybridized carbons (Fsp3) is 0.556. The number of hydrogen-bond donors (Lipinski definition) is 0. The molecule has 3 aliphatic rings. The Balaban J connectivity index is 0.00000368. The van der Waals surface area contributed by atoms with Crippen molar-refractivity contribution in [1.29, 1.82) is 0 Å². The number of hydrogen-bond acceptors (Lipinski definition) is 5. The Labute approximate surface area is 268 Å². The molecule has 232 valence electrons. The first-order chi connectivity index (χ1) is 20.4. The second-order valence-electron chi connectivity index (χ2n) is 13.3. The van der Waals surface area contributed by atoms with Gasteiger partial charge >= 0.3 is 0 Å². The van der Waals surface area contributed by atoms with Crippen LogP contribution in [0.15, 0.2) is 48.7 Å². The third-order valence-corrected chi connectivity index (χ3v) is 11.3. The van der Waals surface area contributed by atoms with Crippen molar-refractivity contribution in [3.05, 3.63) is 64.8 Å². The molecular formula is C36H48ClN3O2S. The summed E-state index contributed by atoms with van der Waals surface area (Å²) >= 11 is 1.83. The first kappa shape index (κ1) is 32.0. The van der Waals surface area contributed by atoms with Gasteiger partial charge in [0, 0.05) is 36.3 Å². The van der Waals surface area contributed by atoms with E-state index >= 15 is 0 Å². The van der Waals surface area contributed by atoms with Gasteiger partial charge in [0.1, 0.15) is 5.75 Å². The lowest BCUT2D eigenvalue weighted by atomic mass is 9.78. The summed E-state index contributed by atoms with van der Waals surface area (Å²) in [5.41, 5.74) is 4.88. The van der Waals surface area contributed by atoms with Gasteiger partial charge in [-0.25, -0.2) is 4.98 Å². The zero-order valence-electron chi connectivity index (χ0n) is 26.3. The van der Waals surface area contributed by atoms with E-state index in [-0.39, 0.29) is 18.3 Å². The summed E-state index contributed by atoms with van der Waals surface area (Å²) in [5.74, 6) is 3.20. The average molecular weight is 622 g/mol. The number of aromatic nitrogens is 1. The Bertz CT molecular complexity index is 1370. The molecule has 2 aromatic carbocycles. The number of benzene rings is 2. The fourth-order valence-corrected chi connectivity index (χ4v) is 8.32. The predicted octanol–water partition coefficient (Wildman–Crippen LogP) is 8.85. The van der Waals surface area contributed by atoms with E-state index in [0.29, 0.717) is 29.7 Å². The highest BCUT2D eigenvalue weighted by atomic mass is 35.5. The molecule has 3 aliphatic carbocycles. The summed E-state index contributed by atoms with van der Waals surface area (Å²) in [6.45, 7) is 2.96. The molecule has 1 aromatic heterocycles.